The van der Waals surface area contributed by atoms with E-state index in [1.165, 1.54) is 6.20 Å². The van der Waals surface area contributed by atoms with E-state index in [9.17, 15) is 4.79 Å². The van der Waals surface area contributed by atoms with Gasteiger partial charge in [0.15, 0.2) is 0 Å². The van der Waals surface area contributed by atoms with Gasteiger partial charge in [0.25, 0.3) is 5.91 Å². The molecular formula is C11H14N4O2S. The van der Waals surface area contributed by atoms with Crippen molar-refractivity contribution < 1.29 is 9.53 Å². The summed E-state index contributed by atoms with van der Waals surface area (Å²) in [6.07, 6.45) is 2.66. The number of carbonyl (C=O) groups is 1. The first-order valence-corrected chi connectivity index (χ1v) is 5.97. The van der Waals surface area contributed by atoms with Crippen LogP contribution in [0.1, 0.15) is 16.2 Å². The SMILES string of the molecule is Cc1cnc(C(=O)N2CCOC(C(N)=S)C2)cn1. The van der Waals surface area contributed by atoms with Crippen LogP contribution in [0.3, 0.4) is 0 Å². The molecule has 1 aromatic heterocycles. The monoisotopic (exact) mass is 266 g/mol. The summed E-state index contributed by atoms with van der Waals surface area (Å²) in [6, 6.07) is 0. The smallest absolute Gasteiger partial charge is 0.274 e. The second-order valence-electron chi connectivity index (χ2n) is 4.06. The lowest BCUT2D eigenvalue weighted by Gasteiger charge is -2.32. The molecule has 0 aromatic carbocycles. The van der Waals surface area contributed by atoms with Gasteiger partial charge in [-0.1, -0.05) is 12.2 Å². The van der Waals surface area contributed by atoms with Crippen LogP contribution in [0.2, 0.25) is 0 Å². The molecular weight excluding hydrogens is 252 g/mol. The van der Waals surface area contributed by atoms with E-state index >= 15 is 0 Å². The van der Waals surface area contributed by atoms with E-state index in [-0.39, 0.29) is 17.0 Å². The van der Waals surface area contributed by atoms with Gasteiger partial charge in [-0.15, -0.1) is 0 Å². The summed E-state index contributed by atoms with van der Waals surface area (Å²) in [7, 11) is 0. The number of nitrogens with two attached hydrogens (primary N) is 1. The lowest BCUT2D eigenvalue weighted by Crippen LogP contribution is -2.50. The van der Waals surface area contributed by atoms with Crippen molar-refractivity contribution in [2.45, 2.75) is 13.0 Å². The van der Waals surface area contributed by atoms with Crippen molar-refractivity contribution in [2.75, 3.05) is 19.7 Å². The van der Waals surface area contributed by atoms with E-state index in [1.807, 2.05) is 6.92 Å². The van der Waals surface area contributed by atoms with Gasteiger partial charge in [0.1, 0.15) is 16.8 Å². The molecule has 6 nitrogen and oxygen atoms in total. The fraction of sp³-hybridized carbons (Fsp3) is 0.455. The van der Waals surface area contributed by atoms with E-state index < -0.39 is 0 Å². The molecule has 0 spiro atoms. The van der Waals surface area contributed by atoms with Crippen molar-refractivity contribution in [3.63, 3.8) is 0 Å². The van der Waals surface area contributed by atoms with Crippen LogP contribution in [0.25, 0.3) is 0 Å². The lowest BCUT2D eigenvalue weighted by molar-refractivity contribution is 0.00847. The van der Waals surface area contributed by atoms with Crippen LogP contribution < -0.4 is 5.73 Å². The fourth-order valence-corrected chi connectivity index (χ4v) is 1.81. The lowest BCUT2D eigenvalue weighted by atomic mass is 10.2. The second kappa shape index (κ2) is 5.36. The summed E-state index contributed by atoms with van der Waals surface area (Å²) in [5, 5.41) is 0. The summed E-state index contributed by atoms with van der Waals surface area (Å²) >= 11 is 4.88. The van der Waals surface area contributed by atoms with Crippen molar-refractivity contribution in [2.24, 2.45) is 5.73 Å². The molecule has 0 saturated carbocycles. The highest BCUT2D eigenvalue weighted by molar-refractivity contribution is 7.80. The van der Waals surface area contributed by atoms with Gasteiger partial charge in [-0.25, -0.2) is 4.98 Å². The number of nitrogens with zero attached hydrogens (tertiary/aromatic N) is 3. The van der Waals surface area contributed by atoms with Gasteiger partial charge in [0.05, 0.1) is 25.0 Å². The Morgan fingerprint density at radius 3 is 2.94 bits per heavy atom. The Hall–Kier alpha value is -1.60. The Balaban J connectivity index is 2.09. The molecule has 1 aliphatic heterocycles. The third-order valence-electron chi connectivity index (χ3n) is 2.67. The van der Waals surface area contributed by atoms with Crippen molar-refractivity contribution >= 4 is 23.1 Å². The molecule has 18 heavy (non-hydrogen) atoms. The quantitative estimate of drug-likeness (QED) is 0.754. The molecule has 2 N–H and O–H groups in total. The first-order chi connectivity index (χ1) is 8.58. The Morgan fingerprint density at radius 2 is 2.33 bits per heavy atom. The molecule has 1 saturated heterocycles. The highest BCUT2D eigenvalue weighted by atomic mass is 32.1. The van der Waals surface area contributed by atoms with E-state index in [2.05, 4.69) is 9.97 Å². The summed E-state index contributed by atoms with van der Waals surface area (Å²) in [6.45, 7) is 3.11. The maximum atomic E-state index is 12.2. The number of carbonyl (C=O) groups excluding carboxylic acids is 1. The van der Waals surface area contributed by atoms with Gasteiger partial charge in [-0.05, 0) is 6.92 Å². The molecule has 0 radical (unpaired) electrons. The van der Waals surface area contributed by atoms with Crippen LogP contribution in [-0.2, 0) is 4.74 Å². The molecule has 2 rings (SSSR count). The predicted octanol–water partition coefficient (Wildman–Crippen LogP) is -0.0879. The number of aryl methyl sites for hydroxylation is 1. The summed E-state index contributed by atoms with van der Waals surface area (Å²) in [5.74, 6) is -0.174. The van der Waals surface area contributed by atoms with Crippen LogP contribution >= 0.6 is 12.2 Å². The normalized spacial score (nSPS) is 19.6. The minimum atomic E-state index is -0.379. The number of hydrogen-bond acceptors (Lipinski definition) is 5. The zero-order valence-corrected chi connectivity index (χ0v) is 10.8. The molecule has 1 aliphatic rings. The molecule has 1 amide bonds. The zero-order valence-electron chi connectivity index (χ0n) is 10.00. The highest BCUT2D eigenvalue weighted by Crippen LogP contribution is 2.09. The fourth-order valence-electron chi connectivity index (χ4n) is 1.67. The Kier molecular flexibility index (Phi) is 3.83. The zero-order chi connectivity index (χ0) is 13.1. The molecule has 1 aromatic rings. The molecule has 0 aliphatic carbocycles. The number of morpholine rings is 1. The van der Waals surface area contributed by atoms with Gasteiger partial charge in [0.2, 0.25) is 0 Å². The van der Waals surface area contributed by atoms with Crippen molar-refractivity contribution in [3.8, 4) is 0 Å². The summed E-state index contributed by atoms with van der Waals surface area (Å²) in [5.41, 5.74) is 6.62. The molecule has 96 valence electrons. The maximum absolute atomic E-state index is 12.2. The Bertz CT molecular complexity index is 463. The Labute approximate surface area is 110 Å². The van der Waals surface area contributed by atoms with Crippen molar-refractivity contribution in [3.05, 3.63) is 23.8 Å². The highest BCUT2D eigenvalue weighted by Gasteiger charge is 2.27. The van der Waals surface area contributed by atoms with Crippen molar-refractivity contribution in [1.82, 2.24) is 14.9 Å². The number of thiocarbonyl (C=S) groups is 1. The van der Waals surface area contributed by atoms with Crippen molar-refractivity contribution in [1.29, 1.82) is 0 Å². The first-order valence-electron chi connectivity index (χ1n) is 5.57. The third-order valence-corrected chi connectivity index (χ3v) is 2.93. The van der Waals surface area contributed by atoms with Gasteiger partial charge >= 0.3 is 0 Å². The number of rotatable bonds is 2. The van der Waals surface area contributed by atoms with Gasteiger partial charge in [0, 0.05) is 12.7 Å². The number of amides is 1. The van der Waals surface area contributed by atoms with E-state index in [1.54, 1.807) is 11.1 Å². The number of ether oxygens (including phenoxy) is 1. The molecule has 1 atom stereocenters. The summed E-state index contributed by atoms with van der Waals surface area (Å²) in [4.78, 5) is 22.2. The largest absolute Gasteiger partial charge is 0.391 e. The van der Waals surface area contributed by atoms with Gasteiger partial charge in [-0.3, -0.25) is 9.78 Å². The Morgan fingerprint density at radius 1 is 1.56 bits per heavy atom. The van der Waals surface area contributed by atoms with Crippen LogP contribution in [0.15, 0.2) is 12.4 Å². The maximum Gasteiger partial charge on any atom is 0.274 e. The molecule has 1 unspecified atom stereocenters. The number of hydrogen-bond donors (Lipinski definition) is 1. The molecule has 0 bridgehead atoms. The predicted molar refractivity (Wildman–Crippen MR) is 69.2 cm³/mol. The second-order valence-corrected chi connectivity index (χ2v) is 4.53. The van der Waals surface area contributed by atoms with Crippen LogP contribution in [0.5, 0.6) is 0 Å². The van der Waals surface area contributed by atoms with E-state index in [0.29, 0.717) is 25.4 Å². The van der Waals surface area contributed by atoms with Crippen LogP contribution in [0, 0.1) is 6.92 Å². The number of aromatic nitrogens is 2. The average molecular weight is 266 g/mol. The molecule has 7 heteroatoms. The molecule has 2 heterocycles. The van der Waals surface area contributed by atoms with E-state index in [4.69, 9.17) is 22.7 Å². The minimum Gasteiger partial charge on any atom is -0.391 e. The minimum absolute atomic E-state index is 0.174. The van der Waals surface area contributed by atoms with Crippen LogP contribution in [0.4, 0.5) is 0 Å². The van der Waals surface area contributed by atoms with Gasteiger partial charge in [-0.2, -0.15) is 0 Å². The molecule has 1 fully saturated rings. The average Bonchev–Trinajstić information content (AvgIpc) is 2.39. The standard InChI is InChI=1S/C11H14N4O2S/c1-7-4-14-8(5-13-7)11(16)15-2-3-17-9(6-15)10(12)18/h4-5,9H,2-3,6H2,1H3,(H2,12,18). The van der Waals surface area contributed by atoms with Crippen LogP contribution in [-0.4, -0.2) is 51.6 Å². The topological polar surface area (TPSA) is 81.3 Å². The first kappa shape index (κ1) is 12.8. The summed E-state index contributed by atoms with van der Waals surface area (Å²) < 4.78 is 5.38. The third kappa shape index (κ3) is 2.80. The van der Waals surface area contributed by atoms with Gasteiger partial charge < -0.3 is 15.4 Å². The van der Waals surface area contributed by atoms with E-state index in [0.717, 1.165) is 5.69 Å².